The highest BCUT2D eigenvalue weighted by Gasteiger charge is 2.25. The second-order valence-corrected chi connectivity index (χ2v) is 6.65. The summed E-state index contributed by atoms with van der Waals surface area (Å²) in [5.74, 6) is -2.24. The molecule has 1 aromatic heterocycles. The smallest absolute Gasteiger partial charge is 0.270 e. The van der Waals surface area contributed by atoms with Crippen LogP contribution in [-0.4, -0.2) is 28.9 Å². The van der Waals surface area contributed by atoms with Crippen LogP contribution in [0.1, 0.15) is 39.2 Å². The molecule has 1 atom stereocenters. The van der Waals surface area contributed by atoms with Gasteiger partial charge in [0.25, 0.3) is 5.92 Å². The summed E-state index contributed by atoms with van der Waals surface area (Å²) < 4.78 is 26.8. The van der Waals surface area contributed by atoms with Crippen LogP contribution in [0.3, 0.4) is 0 Å². The number of nitrogens with one attached hydrogen (secondary N) is 1. The normalized spacial score (nSPS) is 18.8. The molecule has 136 valence electrons. The van der Waals surface area contributed by atoms with Gasteiger partial charge in [-0.05, 0) is 43.5 Å². The first kappa shape index (κ1) is 19.1. The molecule has 1 unspecified atom stereocenters. The molecule has 1 aliphatic rings. The molecule has 0 spiro atoms. The fourth-order valence-electron chi connectivity index (χ4n) is 2.97. The Morgan fingerprint density at radius 3 is 2.84 bits per heavy atom. The SMILES string of the molecule is C=C(/C=C(\C)Nc1cc(C(C)(F)F)ccn1)C1CCCN(C(C)=O)C1. The van der Waals surface area contributed by atoms with Crippen molar-refractivity contribution in [1.29, 1.82) is 0 Å². The number of nitrogens with zero attached hydrogens (tertiary/aromatic N) is 2. The zero-order valence-electron chi connectivity index (χ0n) is 15.0. The lowest BCUT2D eigenvalue weighted by Gasteiger charge is -2.32. The van der Waals surface area contributed by atoms with Crippen LogP contribution in [0.5, 0.6) is 0 Å². The van der Waals surface area contributed by atoms with Crippen molar-refractivity contribution in [1.82, 2.24) is 9.88 Å². The molecule has 4 nitrogen and oxygen atoms in total. The van der Waals surface area contributed by atoms with Gasteiger partial charge in [0, 0.05) is 50.3 Å². The number of rotatable bonds is 5. The van der Waals surface area contributed by atoms with Gasteiger partial charge in [0.15, 0.2) is 0 Å². The number of allylic oxidation sites excluding steroid dienone is 2. The van der Waals surface area contributed by atoms with Crippen molar-refractivity contribution in [3.05, 3.63) is 47.8 Å². The van der Waals surface area contributed by atoms with E-state index in [1.807, 2.05) is 17.9 Å². The Labute approximate surface area is 147 Å². The van der Waals surface area contributed by atoms with E-state index in [1.165, 1.54) is 18.3 Å². The van der Waals surface area contributed by atoms with E-state index in [1.54, 1.807) is 6.92 Å². The van der Waals surface area contributed by atoms with Crippen molar-refractivity contribution < 1.29 is 13.6 Å². The molecule has 1 N–H and O–H groups in total. The van der Waals surface area contributed by atoms with Crippen LogP contribution >= 0.6 is 0 Å². The first-order chi connectivity index (χ1) is 11.7. The third-order valence-corrected chi connectivity index (χ3v) is 4.39. The zero-order chi connectivity index (χ0) is 18.6. The minimum atomic E-state index is -2.90. The molecule has 0 saturated carbocycles. The van der Waals surface area contributed by atoms with Gasteiger partial charge in [-0.25, -0.2) is 13.8 Å². The Morgan fingerprint density at radius 2 is 2.20 bits per heavy atom. The summed E-state index contributed by atoms with van der Waals surface area (Å²) in [6.45, 7) is 9.87. The maximum absolute atomic E-state index is 13.4. The highest BCUT2D eigenvalue weighted by Crippen LogP contribution is 2.28. The van der Waals surface area contributed by atoms with Crippen molar-refractivity contribution in [2.24, 2.45) is 5.92 Å². The van der Waals surface area contributed by atoms with Crippen molar-refractivity contribution in [2.45, 2.75) is 39.5 Å². The molecule has 1 aliphatic heterocycles. The fourth-order valence-corrected chi connectivity index (χ4v) is 2.97. The van der Waals surface area contributed by atoms with Gasteiger partial charge in [0.2, 0.25) is 5.91 Å². The van der Waals surface area contributed by atoms with E-state index in [9.17, 15) is 13.6 Å². The number of aromatic nitrogens is 1. The van der Waals surface area contributed by atoms with Gasteiger partial charge in [-0.3, -0.25) is 4.79 Å². The highest BCUT2D eigenvalue weighted by atomic mass is 19.3. The largest absolute Gasteiger partial charge is 0.344 e. The zero-order valence-corrected chi connectivity index (χ0v) is 15.0. The lowest BCUT2D eigenvalue weighted by molar-refractivity contribution is -0.130. The van der Waals surface area contributed by atoms with Crippen LogP contribution < -0.4 is 5.32 Å². The summed E-state index contributed by atoms with van der Waals surface area (Å²) >= 11 is 0. The van der Waals surface area contributed by atoms with Gasteiger partial charge < -0.3 is 10.2 Å². The van der Waals surface area contributed by atoms with E-state index in [0.717, 1.165) is 37.6 Å². The summed E-state index contributed by atoms with van der Waals surface area (Å²) in [7, 11) is 0. The molecule has 6 heteroatoms. The molecular weight excluding hydrogens is 324 g/mol. The maximum Gasteiger partial charge on any atom is 0.270 e. The number of pyridine rings is 1. The summed E-state index contributed by atoms with van der Waals surface area (Å²) in [4.78, 5) is 17.5. The Hall–Kier alpha value is -2.24. The second-order valence-electron chi connectivity index (χ2n) is 6.65. The summed E-state index contributed by atoms with van der Waals surface area (Å²) in [5, 5.41) is 3.03. The molecular formula is C19H25F2N3O. The minimum Gasteiger partial charge on any atom is -0.344 e. The van der Waals surface area contributed by atoms with Crippen LogP contribution in [0, 0.1) is 5.92 Å². The number of piperidine rings is 1. The number of anilines is 1. The quantitative estimate of drug-likeness (QED) is 0.805. The molecule has 2 heterocycles. The molecule has 0 aromatic carbocycles. The van der Waals surface area contributed by atoms with E-state index in [0.29, 0.717) is 12.4 Å². The van der Waals surface area contributed by atoms with Crippen LogP contribution in [0.2, 0.25) is 0 Å². The van der Waals surface area contributed by atoms with E-state index in [-0.39, 0.29) is 17.4 Å². The molecule has 0 radical (unpaired) electrons. The van der Waals surface area contributed by atoms with E-state index >= 15 is 0 Å². The Balaban J connectivity index is 2.03. The topological polar surface area (TPSA) is 45.2 Å². The standard InChI is InChI=1S/C19H25F2N3O/c1-13(16-6-5-9-24(12-16)15(3)25)10-14(2)23-18-11-17(7-8-22-18)19(4,20)21/h7-8,10-11,16H,1,5-6,9,12H2,2-4H3,(H,22,23)/b14-10+. The number of halogens is 2. The molecule has 1 aromatic rings. The van der Waals surface area contributed by atoms with Crippen LogP contribution in [-0.2, 0) is 10.7 Å². The lowest BCUT2D eigenvalue weighted by Crippen LogP contribution is -2.38. The second kappa shape index (κ2) is 7.76. The van der Waals surface area contributed by atoms with E-state index in [2.05, 4.69) is 16.9 Å². The number of hydrogen-bond acceptors (Lipinski definition) is 3. The van der Waals surface area contributed by atoms with Crippen molar-refractivity contribution in [2.75, 3.05) is 18.4 Å². The first-order valence-electron chi connectivity index (χ1n) is 8.41. The van der Waals surface area contributed by atoms with E-state index < -0.39 is 5.92 Å². The van der Waals surface area contributed by atoms with Crippen molar-refractivity contribution in [3.63, 3.8) is 0 Å². The average molecular weight is 349 g/mol. The van der Waals surface area contributed by atoms with Crippen LogP contribution in [0.4, 0.5) is 14.6 Å². The average Bonchev–Trinajstić information content (AvgIpc) is 2.54. The summed E-state index contributed by atoms with van der Waals surface area (Å²) in [6, 6.07) is 2.65. The summed E-state index contributed by atoms with van der Waals surface area (Å²) in [5.41, 5.74) is 1.61. The van der Waals surface area contributed by atoms with Gasteiger partial charge in [0.1, 0.15) is 5.82 Å². The number of carbonyl (C=O) groups excluding carboxylic acids is 1. The molecule has 0 aliphatic carbocycles. The molecule has 1 amide bonds. The number of carbonyl (C=O) groups is 1. The van der Waals surface area contributed by atoms with Crippen LogP contribution in [0.15, 0.2) is 42.3 Å². The van der Waals surface area contributed by atoms with Crippen LogP contribution in [0.25, 0.3) is 0 Å². The highest BCUT2D eigenvalue weighted by molar-refractivity contribution is 5.73. The third-order valence-electron chi connectivity index (χ3n) is 4.39. The first-order valence-corrected chi connectivity index (χ1v) is 8.41. The molecule has 0 bridgehead atoms. The Kier molecular flexibility index (Phi) is 5.93. The number of likely N-dealkylation sites (tertiary alicyclic amines) is 1. The van der Waals surface area contributed by atoms with Gasteiger partial charge in [-0.1, -0.05) is 6.58 Å². The number of hydrogen-bond donors (Lipinski definition) is 1. The molecule has 25 heavy (non-hydrogen) atoms. The minimum absolute atomic E-state index is 0.0813. The third kappa shape index (κ3) is 5.37. The van der Waals surface area contributed by atoms with Gasteiger partial charge in [-0.2, -0.15) is 0 Å². The monoisotopic (exact) mass is 349 g/mol. The fraction of sp³-hybridized carbons (Fsp3) is 0.474. The predicted molar refractivity (Wildman–Crippen MR) is 95.3 cm³/mol. The van der Waals surface area contributed by atoms with Gasteiger partial charge in [0.05, 0.1) is 0 Å². The van der Waals surface area contributed by atoms with Gasteiger partial charge in [-0.15, -0.1) is 0 Å². The summed E-state index contributed by atoms with van der Waals surface area (Å²) in [6.07, 6.45) is 5.21. The molecule has 1 fully saturated rings. The molecule has 1 saturated heterocycles. The Morgan fingerprint density at radius 1 is 1.48 bits per heavy atom. The lowest BCUT2D eigenvalue weighted by atomic mass is 9.90. The number of amides is 1. The predicted octanol–water partition coefficient (Wildman–Crippen LogP) is 4.32. The van der Waals surface area contributed by atoms with Gasteiger partial charge >= 0.3 is 0 Å². The van der Waals surface area contributed by atoms with E-state index in [4.69, 9.17) is 0 Å². The molecule has 2 rings (SSSR count). The van der Waals surface area contributed by atoms with Crippen molar-refractivity contribution in [3.8, 4) is 0 Å². The maximum atomic E-state index is 13.4. The number of alkyl halides is 2. The Bertz CT molecular complexity index is 679. The van der Waals surface area contributed by atoms with Crippen molar-refractivity contribution >= 4 is 11.7 Å².